The fraction of sp³-hybridized carbons (Fsp3) is 0.611. The minimum atomic E-state index is -0.202. The molecule has 4 rings (SSSR count). The molecule has 1 saturated carbocycles. The molecule has 7 heteroatoms. The van der Waals surface area contributed by atoms with E-state index < -0.39 is 0 Å². The molecule has 1 aromatic heterocycles. The first-order valence-corrected chi connectivity index (χ1v) is 9.10. The van der Waals surface area contributed by atoms with Gasteiger partial charge >= 0.3 is 0 Å². The van der Waals surface area contributed by atoms with E-state index in [1.165, 1.54) is 44.2 Å². The molecule has 2 aliphatic rings. The number of likely N-dealkylation sites (tertiary alicyclic amines) is 1. The summed E-state index contributed by atoms with van der Waals surface area (Å²) in [5.74, 6) is 0.710. The van der Waals surface area contributed by atoms with Crippen molar-refractivity contribution in [2.45, 2.75) is 57.0 Å². The van der Waals surface area contributed by atoms with Crippen LogP contribution in [0.5, 0.6) is 0 Å². The minimum Gasteiger partial charge on any atom is -0.290 e. The highest BCUT2D eigenvalue weighted by molar-refractivity contribution is 5.85. The Morgan fingerprint density at radius 1 is 0.960 bits per heavy atom. The highest BCUT2D eigenvalue weighted by atomic mass is 35.5. The predicted molar refractivity (Wildman–Crippen MR) is 96.2 cm³/mol. The molecule has 0 N–H and O–H groups in total. The molecule has 1 unspecified atom stereocenters. The van der Waals surface area contributed by atoms with E-state index in [0.717, 1.165) is 37.3 Å². The second-order valence-electron chi connectivity index (χ2n) is 6.97. The average molecular weight is 366 g/mol. The van der Waals surface area contributed by atoms with Crippen molar-refractivity contribution in [1.82, 2.24) is 25.1 Å². The molecule has 136 valence electrons. The van der Waals surface area contributed by atoms with Crippen LogP contribution in [0.1, 0.15) is 68.4 Å². The third-order valence-corrected chi connectivity index (χ3v) is 5.37. The van der Waals surface area contributed by atoms with Crippen LogP contribution in [0, 0.1) is 5.82 Å². The van der Waals surface area contributed by atoms with Gasteiger partial charge < -0.3 is 0 Å². The maximum absolute atomic E-state index is 13.4. The van der Waals surface area contributed by atoms with Gasteiger partial charge in [-0.05, 0) is 66.9 Å². The van der Waals surface area contributed by atoms with Gasteiger partial charge in [-0.2, -0.15) is 0 Å². The number of halogens is 2. The van der Waals surface area contributed by atoms with E-state index in [9.17, 15) is 4.39 Å². The molecule has 1 aromatic carbocycles. The lowest BCUT2D eigenvalue weighted by molar-refractivity contribution is 0.175. The van der Waals surface area contributed by atoms with Crippen molar-refractivity contribution in [1.29, 1.82) is 0 Å². The molecular formula is C18H25ClFN5. The highest BCUT2D eigenvalue weighted by Crippen LogP contribution is 2.35. The molecular weight excluding hydrogens is 341 g/mol. The van der Waals surface area contributed by atoms with Gasteiger partial charge in [0.2, 0.25) is 0 Å². The number of hydrogen-bond acceptors (Lipinski definition) is 4. The van der Waals surface area contributed by atoms with Gasteiger partial charge in [0.25, 0.3) is 0 Å². The number of piperidine rings is 1. The first-order chi connectivity index (χ1) is 11.8. The van der Waals surface area contributed by atoms with E-state index in [-0.39, 0.29) is 24.3 Å². The molecule has 1 saturated heterocycles. The summed E-state index contributed by atoms with van der Waals surface area (Å²) in [7, 11) is 0. The number of rotatable bonds is 4. The van der Waals surface area contributed by atoms with Crippen molar-refractivity contribution in [3.8, 4) is 0 Å². The van der Waals surface area contributed by atoms with E-state index in [1.807, 2.05) is 16.8 Å². The van der Waals surface area contributed by atoms with Crippen LogP contribution in [-0.4, -0.2) is 38.2 Å². The number of benzene rings is 1. The standard InChI is InChI=1S/C18H24FN5.ClH/c19-15-10-8-14(9-11-15)17(23-12-4-1-5-13-23)18-20-21-22-24(18)16-6-2-3-7-16;/h8-11,16-17H,1-7,12-13H2;1H. The van der Waals surface area contributed by atoms with E-state index in [1.54, 1.807) is 0 Å². The number of hydrogen-bond donors (Lipinski definition) is 0. The van der Waals surface area contributed by atoms with E-state index in [0.29, 0.717) is 6.04 Å². The zero-order valence-corrected chi connectivity index (χ0v) is 15.2. The Labute approximate surface area is 154 Å². The van der Waals surface area contributed by atoms with Crippen molar-refractivity contribution in [2.24, 2.45) is 0 Å². The highest BCUT2D eigenvalue weighted by Gasteiger charge is 2.31. The van der Waals surface area contributed by atoms with Gasteiger partial charge in [0.15, 0.2) is 5.82 Å². The second-order valence-corrected chi connectivity index (χ2v) is 6.97. The summed E-state index contributed by atoms with van der Waals surface area (Å²) in [5.41, 5.74) is 1.08. The molecule has 0 spiro atoms. The van der Waals surface area contributed by atoms with Crippen LogP contribution in [0.25, 0.3) is 0 Å². The van der Waals surface area contributed by atoms with Gasteiger partial charge in [0.05, 0.1) is 12.1 Å². The SMILES string of the molecule is Cl.Fc1ccc(C(c2nnnn2C2CCCC2)N2CCCCC2)cc1. The van der Waals surface area contributed by atoms with Gasteiger partial charge in [-0.25, -0.2) is 9.07 Å². The van der Waals surface area contributed by atoms with Crippen LogP contribution < -0.4 is 0 Å². The summed E-state index contributed by atoms with van der Waals surface area (Å²) >= 11 is 0. The van der Waals surface area contributed by atoms with Crippen molar-refractivity contribution in [3.05, 3.63) is 41.5 Å². The summed E-state index contributed by atoms with van der Waals surface area (Å²) in [5, 5.41) is 12.7. The molecule has 0 radical (unpaired) electrons. The summed E-state index contributed by atoms with van der Waals surface area (Å²) in [4.78, 5) is 2.45. The summed E-state index contributed by atoms with van der Waals surface area (Å²) in [6, 6.07) is 7.25. The first-order valence-electron chi connectivity index (χ1n) is 9.10. The molecule has 5 nitrogen and oxygen atoms in total. The Morgan fingerprint density at radius 2 is 1.64 bits per heavy atom. The first kappa shape index (κ1) is 18.3. The normalized spacial score (nSPS) is 20.4. The molecule has 1 aliphatic carbocycles. The maximum Gasteiger partial charge on any atom is 0.173 e. The molecule has 1 aliphatic heterocycles. The number of tetrazole rings is 1. The fourth-order valence-corrected chi connectivity index (χ4v) is 4.13. The van der Waals surface area contributed by atoms with Crippen LogP contribution in [0.2, 0.25) is 0 Å². The number of nitrogens with zero attached hydrogens (tertiary/aromatic N) is 5. The molecule has 2 heterocycles. The van der Waals surface area contributed by atoms with Gasteiger partial charge in [-0.1, -0.05) is 31.4 Å². The minimum absolute atomic E-state index is 0. The second kappa shape index (κ2) is 8.23. The zero-order valence-electron chi connectivity index (χ0n) is 14.4. The maximum atomic E-state index is 13.4. The molecule has 2 aromatic rings. The largest absolute Gasteiger partial charge is 0.290 e. The molecule has 1 atom stereocenters. The van der Waals surface area contributed by atoms with E-state index >= 15 is 0 Å². The van der Waals surface area contributed by atoms with Crippen LogP contribution in [-0.2, 0) is 0 Å². The van der Waals surface area contributed by atoms with Crippen molar-refractivity contribution >= 4 is 12.4 Å². The topological polar surface area (TPSA) is 46.8 Å². The molecule has 0 bridgehead atoms. The lowest BCUT2D eigenvalue weighted by Crippen LogP contribution is -2.36. The Hall–Kier alpha value is -1.53. The average Bonchev–Trinajstić information content (AvgIpc) is 3.29. The Balaban J connectivity index is 0.00000182. The lowest BCUT2D eigenvalue weighted by Gasteiger charge is -2.34. The third kappa shape index (κ3) is 3.85. The van der Waals surface area contributed by atoms with Crippen molar-refractivity contribution in [3.63, 3.8) is 0 Å². The van der Waals surface area contributed by atoms with Crippen LogP contribution in [0.3, 0.4) is 0 Å². The molecule has 0 amide bonds. The monoisotopic (exact) mass is 365 g/mol. The van der Waals surface area contributed by atoms with E-state index in [2.05, 4.69) is 20.4 Å². The van der Waals surface area contributed by atoms with E-state index in [4.69, 9.17) is 0 Å². The third-order valence-electron chi connectivity index (χ3n) is 5.37. The summed E-state index contributed by atoms with van der Waals surface area (Å²) < 4.78 is 15.4. The van der Waals surface area contributed by atoms with Gasteiger partial charge in [-0.15, -0.1) is 17.5 Å². The predicted octanol–water partition coefficient (Wildman–Crippen LogP) is 3.92. The van der Waals surface area contributed by atoms with Gasteiger partial charge in [0.1, 0.15) is 5.82 Å². The number of aromatic nitrogens is 4. The van der Waals surface area contributed by atoms with Gasteiger partial charge in [-0.3, -0.25) is 4.90 Å². The van der Waals surface area contributed by atoms with Crippen LogP contribution >= 0.6 is 12.4 Å². The summed E-state index contributed by atoms with van der Waals surface area (Å²) in [6.45, 7) is 2.08. The van der Waals surface area contributed by atoms with Crippen molar-refractivity contribution in [2.75, 3.05) is 13.1 Å². The van der Waals surface area contributed by atoms with Gasteiger partial charge in [0, 0.05) is 0 Å². The molecule has 25 heavy (non-hydrogen) atoms. The molecule has 2 fully saturated rings. The lowest BCUT2D eigenvalue weighted by atomic mass is 10.0. The summed E-state index contributed by atoms with van der Waals surface area (Å²) in [6.07, 6.45) is 8.46. The Kier molecular flexibility index (Phi) is 6.02. The quantitative estimate of drug-likeness (QED) is 0.823. The zero-order chi connectivity index (χ0) is 16.4. The van der Waals surface area contributed by atoms with Crippen molar-refractivity contribution < 1.29 is 4.39 Å². The Bertz CT molecular complexity index is 662. The van der Waals surface area contributed by atoms with Crippen LogP contribution in [0.15, 0.2) is 24.3 Å². The smallest absolute Gasteiger partial charge is 0.173 e. The van der Waals surface area contributed by atoms with Crippen LogP contribution in [0.4, 0.5) is 4.39 Å². The fourth-order valence-electron chi connectivity index (χ4n) is 4.13. The Morgan fingerprint density at radius 3 is 2.32 bits per heavy atom.